The fraction of sp³-hybridized carbons (Fsp3) is 0.500. The van der Waals surface area contributed by atoms with Gasteiger partial charge in [-0.05, 0) is 45.2 Å². The number of aromatic nitrogens is 4. The van der Waals surface area contributed by atoms with Crippen LogP contribution in [0.3, 0.4) is 0 Å². The average Bonchev–Trinajstić information content (AvgIpc) is 3.23. The van der Waals surface area contributed by atoms with E-state index in [1.807, 2.05) is 49.6 Å². The van der Waals surface area contributed by atoms with Gasteiger partial charge in [0, 0.05) is 23.7 Å². The van der Waals surface area contributed by atoms with Gasteiger partial charge in [-0.25, -0.2) is 4.79 Å². The minimum absolute atomic E-state index is 0.369. The van der Waals surface area contributed by atoms with E-state index in [0.717, 1.165) is 57.1 Å². The number of nitrogens with zero attached hydrogens (tertiary/aromatic N) is 4. The first-order valence-corrected chi connectivity index (χ1v) is 12.0. The predicted octanol–water partition coefficient (Wildman–Crippen LogP) is 5.37. The number of carbonyl (C=O) groups is 1. The topological polar surface area (TPSA) is 81.4 Å². The number of thioether (sulfide) groups is 1. The Morgan fingerprint density at radius 1 is 1.23 bits per heavy atom. The van der Waals surface area contributed by atoms with Crippen molar-refractivity contribution in [2.75, 3.05) is 6.54 Å². The van der Waals surface area contributed by atoms with E-state index in [0.29, 0.717) is 6.54 Å². The van der Waals surface area contributed by atoms with E-state index in [-0.39, 0.29) is 6.09 Å². The molecule has 2 heterocycles. The molecule has 0 atom stereocenters. The zero-order valence-corrected chi connectivity index (χ0v) is 19.7. The Bertz CT molecular complexity index is 983. The number of fused-ring (bicyclic) bond motifs is 1. The Morgan fingerprint density at radius 2 is 2.03 bits per heavy atom. The van der Waals surface area contributed by atoms with Gasteiger partial charge in [0.1, 0.15) is 5.60 Å². The minimum atomic E-state index is -0.471. The molecule has 3 aromatic rings. The molecule has 0 saturated heterocycles. The first-order chi connectivity index (χ1) is 14.3. The van der Waals surface area contributed by atoms with Gasteiger partial charge >= 0.3 is 6.09 Å². The second kappa shape index (κ2) is 10.5. The fourth-order valence-electron chi connectivity index (χ4n) is 2.70. The van der Waals surface area contributed by atoms with E-state index in [9.17, 15) is 4.79 Å². The summed E-state index contributed by atoms with van der Waals surface area (Å²) in [7, 11) is 0. The number of aryl methyl sites for hydroxylation is 1. The molecule has 0 aliphatic carbocycles. The summed E-state index contributed by atoms with van der Waals surface area (Å²) < 4.78 is 8.00. The molecule has 162 valence electrons. The highest BCUT2D eigenvalue weighted by molar-refractivity contribution is 8.00. The van der Waals surface area contributed by atoms with Crippen molar-refractivity contribution in [2.45, 2.75) is 62.1 Å². The lowest BCUT2D eigenvalue weighted by Gasteiger charge is -2.19. The molecule has 0 bridgehead atoms. The summed E-state index contributed by atoms with van der Waals surface area (Å²) in [5.41, 5.74) is 0.622. The Hall–Kier alpha value is -1.84. The van der Waals surface area contributed by atoms with Crippen molar-refractivity contribution in [3.8, 4) is 0 Å². The first-order valence-electron chi connectivity index (χ1n) is 9.86. The fourth-order valence-corrected chi connectivity index (χ4v) is 4.88. The molecule has 1 N–H and O–H groups in total. The van der Waals surface area contributed by atoms with E-state index in [2.05, 4.69) is 20.6 Å². The molecule has 30 heavy (non-hydrogen) atoms. The summed E-state index contributed by atoms with van der Waals surface area (Å²) in [6.07, 6.45) is 3.24. The number of nitrogens with one attached hydrogen (secondary N) is 1. The van der Waals surface area contributed by atoms with Crippen LogP contribution in [0.5, 0.6) is 0 Å². The molecule has 0 fully saturated rings. The van der Waals surface area contributed by atoms with Crippen molar-refractivity contribution in [2.24, 2.45) is 0 Å². The predicted molar refractivity (Wildman–Crippen MR) is 121 cm³/mol. The summed E-state index contributed by atoms with van der Waals surface area (Å²) in [5, 5.41) is 16.7. The standard InChI is InChI=1S/C20H26ClN5O2S2/c1-20(2,3)28-18(27)22-12-8-4-5-11-16-23-24-17-26(16)25-19(30-17)29-13-14-9-6-7-10-15(14)21/h6-7,9-10H,4-5,8,11-13H2,1-3H3,(H,22,27). The largest absolute Gasteiger partial charge is 0.444 e. The number of amides is 1. The van der Waals surface area contributed by atoms with Gasteiger partial charge in [0.2, 0.25) is 4.96 Å². The van der Waals surface area contributed by atoms with E-state index in [1.165, 1.54) is 11.3 Å². The molecule has 0 spiro atoms. The van der Waals surface area contributed by atoms with Gasteiger partial charge in [-0.3, -0.25) is 0 Å². The molecule has 0 aliphatic rings. The Balaban J connectivity index is 1.41. The van der Waals surface area contributed by atoms with Gasteiger partial charge in [0.25, 0.3) is 0 Å². The van der Waals surface area contributed by atoms with E-state index < -0.39 is 5.60 Å². The number of benzene rings is 1. The third-order valence-electron chi connectivity index (χ3n) is 4.09. The Morgan fingerprint density at radius 3 is 2.80 bits per heavy atom. The SMILES string of the molecule is CC(C)(C)OC(=O)NCCCCCc1nnc2sc(SCc3ccccc3Cl)nn12. The molecule has 1 aromatic carbocycles. The zero-order valence-electron chi connectivity index (χ0n) is 17.4. The van der Waals surface area contributed by atoms with Crippen LogP contribution in [0.25, 0.3) is 4.96 Å². The number of hydrogen-bond acceptors (Lipinski definition) is 7. The van der Waals surface area contributed by atoms with Crippen LogP contribution in [0.1, 0.15) is 51.4 Å². The van der Waals surface area contributed by atoms with Crippen molar-refractivity contribution in [3.63, 3.8) is 0 Å². The van der Waals surface area contributed by atoms with Crippen LogP contribution in [-0.4, -0.2) is 38.1 Å². The molecule has 0 saturated carbocycles. The normalized spacial score (nSPS) is 11.7. The third kappa shape index (κ3) is 6.85. The minimum Gasteiger partial charge on any atom is -0.444 e. The molecular formula is C20H26ClN5O2S2. The number of ether oxygens (including phenoxy) is 1. The van der Waals surface area contributed by atoms with Crippen molar-refractivity contribution in [1.82, 2.24) is 25.1 Å². The zero-order chi connectivity index (χ0) is 21.6. The monoisotopic (exact) mass is 467 g/mol. The molecule has 3 rings (SSSR count). The molecule has 0 radical (unpaired) electrons. The quantitative estimate of drug-likeness (QED) is 0.336. The highest BCUT2D eigenvalue weighted by Gasteiger charge is 2.15. The molecular weight excluding hydrogens is 442 g/mol. The number of unbranched alkanes of at least 4 members (excludes halogenated alkanes) is 2. The van der Waals surface area contributed by atoms with Gasteiger partial charge in [0.05, 0.1) is 0 Å². The Kier molecular flexibility index (Phi) is 7.96. The van der Waals surface area contributed by atoms with E-state index in [1.54, 1.807) is 11.8 Å². The lowest BCUT2D eigenvalue weighted by Crippen LogP contribution is -2.32. The first kappa shape index (κ1) is 22.8. The van der Waals surface area contributed by atoms with E-state index in [4.69, 9.17) is 16.3 Å². The van der Waals surface area contributed by atoms with Crippen LogP contribution < -0.4 is 5.32 Å². The van der Waals surface area contributed by atoms with Crippen LogP contribution in [0, 0.1) is 0 Å². The molecule has 7 nitrogen and oxygen atoms in total. The average molecular weight is 468 g/mol. The van der Waals surface area contributed by atoms with Crippen molar-refractivity contribution in [3.05, 3.63) is 40.7 Å². The maximum atomic E-state index is 11.6. The second-order valence-electron chi connectivity index (χ2n) is 7.80. The summed E-state index contributed by atoms with van der Waals surface area (Å²) in [6.45, 7) is 6.16. The van der Waals surface area contributed by atoms with Crippen LogP contribution in [0.15, 0.2) is 28.6 Å². The van der Waals surface area contributed by atoms with Crippen LogP contribution in [0.2, 0.25) is 5.02 Å². The summed E-state index contributed by atoms with van der Waals surface area (Å²) in [6, 6.07) is 7.84. The van der Waals surface area contributed by atoms with Gasteiger partial charge in [-0.15, -0.1) is 15.3 Å². The summed E-state index contributed by atoms with van der Waals surface area (Å²) in [5.74, 6) is 1.63. The maximum absolute atomic E-state index is 11.6. The van der Waals surface area contributed by atoms with Crippen LogP contribution in [0.4, 0.5) is 4.79 Å². The third-order valence-corrected chi connectivity index (χ3v) is 6.54. The lowest BCUT2D eigenvalue weighted by molar-refractivity contribution is 0.0527. The van der Waals surface area contributed by atoms with E-state index >= 15 is 0 Å². The molecule has 1 amide bonds. The molecule has 2 aromatic heterocycles. The Labute approximate surface area is 189 Å². The number of rotatable bonds is 9. The van der Waals surface area contributed by atoms with Gasteiger partial charge in [0.15, 0.2) is 10.2 Å². The van der Waals surface area contributed by atoms with Crippen molar-refractivity contribution in [1.29, 1.82) is 0 Å². The van der Waals surface area contributed by atoms with Crippen LogP contribution >= 0.6 is 34.7 Å². The number of hydrogen-bond donors (Lipinski definition) is 1. The second-order valence-corrected chi connectivity index (χ2v) is 10.4. The van der Waals surface area contributed by atoms with Crippen molar-refractivity contribution < 1.29 is 9.53 Å². The van der Waals surface area contributed by atoms with Gasteiger partial charge in [-0.2, -0.15) is 4.52 Å². The number of alkyl carbamates (subject to hydrolysis) is 1. The molecule has 0 aliphatic heterocycles. The maximum Gasteiger partial charge on any atom is 0.407 e. The summed E-state index contributed by atoms with van der Waals surface area (Å²) in [4.78, 5) is 12.4. The lowest BCUT2D eigenvalue weighted by atomic mass is 10.2. The number of halogens is 1. The van der Waals surface area contributed by atoms with Gasteiger partial charge < -0.3 is 10.1 Å². The highest BCUT2D eigenvalue weighted by Crippen LogP contribution is 2.30. The number of carbonyl (C=O) groups excluding carboxylic acids is 1. The molecule has 0 unspecified atom stereocenters. The smallest absolute Gasteiger partial charge is 0.407 e. The summed E-state index contributed by atoms with van der Waals surface area (Å²) >= 11 is 9.41. The molecule has 10 heteroatoms. The van der Waals surface area contributed by atoms with Gasteiger partial charge in [-0.1, -0.05) is 59.3 Å². The highest BCUT2D eigenvalue weighted by atomic mass is 35.5. The van der Waals surface area contributed by atoms with Crippen LogP contribution in [-0.2, 0) is 16.9 Å². The van der Waals surface area contributed by atoms with Crippen molar-refractivity contribution >= 4 is 45.8 Å².